The van der Waals surface area contributed by atoms with Gasteiger partial charge in [0.05, 0.1) is 34.0 Å². The van der Waals surface area contributed by atoms with Crippen molar-refractivity contribution in [2.24, 2.45) is 4.99 Å². The summed E-state index contributed by atoms with van der Waals surface area (Å²) in [5.41, 5.74) is 2.58. The van der Waals surface area contributed by atoms with Gasteiger partial charge in [0.1, 0.15) is 5.75 Å². The molecule has 5 rings (SSSR count). The van der Waals surface area contributed by atoms with Crippen LogP contribution in [0.25, 0.3) is 6.08 Å². The summed E-state index contributed by atoms with van der Waals surface area (Å²) in [6.07, 6.45) is 1.76. The minimum Gasteiger partial charge on any atom is -0.463 e. The highest BCUT2D eigenvalue weighted by Gasteiger charge is 2.33. The van der Waals surface area contributed by atoms with Crippen LogP contribution in [0, 0.1) is 0 Å². The maximum absolute atomic E-state index is 13.7. The van der Waals surface area contributed by atoms with Crippen LogP contribution in [0.3, 0.4) is 0 Å². The second-order valence-corrected chi connectivity index (χ2v) is 10.6. The van der Waals surface area contributed by atoms with Crippen molar-refractivity contribution in [2.45, 2.75) is 19.9 Å². The minimum absolute atomic E-state index is 0.218. The molecule has 1 aliphatic heterocycles. The topological polar surface area (TPSA) is 87.0 Å². The standard InChI is InChI=1S/C30H23BrN2O5S/c1-3-37-29(36)25-18(2)32-30-33(26(25)20-8-5-4-6-9-20)27(34)24(39-30)16-19-12-14-23(15-13-19)38-28(35)21-10-7-11-22(31)17-21/h4-17,26H,3H2,1-2H3/t26-/m1/s1. The number of esters is 2. The Morgan fingerprint density at radius 2 is 1.77 bits per heavy atom. The molecule has 2 heterocycles. The van der Waals surface area contributed by atoms with Crippen molar-refractivity contribution in [1.82, 2.24) is 4.57 Å². The Morgan fingerprint density at radius 1 is 1.03 bits per heavy atom. The van der Waals surface area contributed by atoms with Gasteiger partial charge < -0.3 is 9.47 Å². The Kier molecular flexibility index (Phi) is 7.72. The highest BCUT2D eigenvalue weighted by molar-refractivity contribution is 9.10. The molecular weight excluding hydrogens is 580 g/mol. The van der Waals surface area contributed by atoms with Gasteiger partial charge in [-0.2, -0.15) is 0 Å². The third kappa shape index (κ3) is 5.55. The second kappa shape index (κ2) is 11.3. The third-order valence-corrected chi connectivity index (χ3v) is 7.56. The van der Waals surface area contributed by atoms with Gasteiger partial charge in [-0.15, -0.1) is 0 Å². The zero-order chi connectivity index (χ0) is 27.5. The van der Waals surface area contributed by atoms with Crippen LogP contribution in [0.4, 0.5) is 0 Å². The lowest BCUT2D eigenvalue weighted by Crippen LogP contribution is -2.39. The number of thiazole rings is 1. The molecule has 0 bridgehead atoms. The number of allylic oxidation sites excluding steroid dienone is 1. The molecule has 9 heteroatoms. The van der Waals surface area contributed by atoms with E-state index < -0.39 is 18.0 Å². The number of ether oxygens (including phenoxy) is 2. The van der Waals surface area contributed by atoms with E-state index in [-0.39, 0.29) is 12.2 Å². The molecule has 1 aromatic heterocycles. The number of rotatable bonds is 6. The van der Waals surface area contributed by atoms with Gasteiger partial charge in [-0.1, -0.05) is 75.8 Å². The Balaban J connectivity index is 1.49. The van der Waals surface area contributed by atoms with Crippen LogP contribution in [0.2, 0.25) is 0 Å². The van der Waals surface area contributed by atoms with Crippen molar-refractivity contribution < 1.29 is 19.1 Å². The van der Waals surface area contributed by atoms with Gasteiger partial charge in [-0.25, -0.2) is 14.6 Å². The second-order valence-electron chi connectivity index (χ2n) is 8.68. The summed E-state index contributed by atoms with van der Waals surface area (Å²) in [4.78, 5) is 44.1. The quantitative estimate of drug-likeness (QED) is 0.234. The van der Waals surface area contributed by atoms with Crippen LogP contribution in [-0.2, 0) is 9.53 Å². The molecule has 1 atom stereocenters. The Bertz CT molecular complexity index is 1770. The molecule has 196 valence electrons. The van der Waals surface area contributed by atoms with Gasteiger partial charge in [0.25, 0.3) is 5.56 Å². The van der Waals surface area contributed by atoms with Crippen molar-refractivity contribution in [3.8, 4) is 5.75 Å². The van der Waals surface area contributed by atoms with Crippen LogP contribution in [0.5, 0.6) is 5.75 Å². The largest absolute Gasteiger partial charge is 0.463 e. The molecule has 0 saturated heterocycles. The van der Waals surface area contributed by atoms with E-state index in [9.17, 15) is 14.4 Å². The summed E-state index contributed by atoms with van der Waals surface area (Å²) >= 11 is 4.60. The first-order chi connectivity index (χ1) is 18.9. The normalized spacial score (nSPS) is 14.9. The number of carbonyl (C=O) groups is 2. The molecule has 0 spiro atoms. The SMILES string of the molecule is CCOC(=O)C1=C(C)N=c2sc(=Cc3ccc(OC(=O)c4cccc(Br)c4)cc3)c(=O)n2[C@@H]1c1ccccc1. The van der Waals surface area contributed by atoms with E-state index in [1.54, 1.807) is 67.0 Å². The van der Waals surface area contributed by atoms with Gasteiger partial charge in [0, 0.05) is 4.47 Å². The molecule has 7 nitrogen and oxygen atoms in total. The first kappa shape index (κ1) is 26.5. The predicted molar refractivity (Wildman–Crippen MR) is 152 cm³/mol. The number of benzene rings is 3. The van der Waals surface area contributed by atoms with E-state index in [4.69, 9.17) is 9.47 Å². The number of halogens is 1. The van der Waals surface area contributed by atoms with E-state index in [2.05, 4.69) is 20.9 Å². The Morgan fingerprint density at radius 3 is 2.46 bits per heavy atom. The molecule has 0 radical (unpaired) electrons. The van der Waals surface area contributed by atoms with Crippen LogP contribution in [0.1, 0.15) is 41.4 Å². The molecule has 0 amide bonds. The molecule has 0 unspecified atom stereocenters. The van der Waals surface area contributed by atoms with Crippen LogP contribution in [-0.4, -0.2) is 23.1 Å². The average Bonchev–Trinajstić information content (AvgIpc) is 3.23. The summed E-state index contributed by atoms with van der Waals surface area (Å²) in [5.74, 6) is -0.571. The number of nitrogens with zero attached hydrogens (tertiary/aromatic N) is 2. The van der Waals surface area contributed by atoms with E-state index >= 15 is 0 Å². The van der Waals surface area contributed by atoms with Crippen LogP contribution in [0.15, 0.2) is 104 Å². The highest BCUT2D eigenvalue weighted by Crippen LogP contribution is 2.30. The Labute approximate surface area is 236 Å². The lowest BCUT2D eigenvalue weighted by molar-refractivity contribution is -0.139. The monoisotopic (exact) mass is 602 g/mol. The van der Waals surface area contributed by atoms with Gasteiger partial charge >= 0.3 is 11.9 Å². The van der Waals surface area contributed by atoms with Crippen molar-refractivity contribution in [3.63, 3.8) is 0 Å². The smallest absolute Gasteiger partial charge is 0.343 e. The highest BCUT2D eigenvalue weighted by atomic mass is 79.9. The van der Waals surface area contributed by atoms with E-state index in [1.807, 2.05) is 36.4 Å². The lowest BCUT2D eigenvalue weighted by Gasteiger charge is -2.24. The summed E-state index contributed by atoms with van der Waals surface area (Å²) in [6, 6.07) is 22.6. The van der Waals surface area contributed by atoms with Crippen molar-refractivity contribution in [1.29, 1.82) is 0 Å². The summed E-state index contributed by atoms with van der Waals surface area (Å²) in [6.45, 7) is 3.72. The fraction of sp³-hybridized carbons (Fsp3) is 0.133. The van der Waals surface area contributed by atoms with Crippen molar-refractivity contribution in [2.75, 3.05) is 6.61 Å². The number of carbonyl (C=O) groups excluding carboxylic acids is 2. The fourth-order valence-electron chi connectivity index (χ4n) is 4.31. The predicted octanol–water partition coefficient (Wildman–Crippen LogP) is 4.78. The third-order valence-electron chi connectivity index (χ3n) is 6.08. The van der Waals surface area contributed by atoms with Crippen LogP contribution < -0.4 is 19.6 Å². The number of aromatic nitrogens is 1. The summed E-state index contributed by atoms with van der Waals surface area (Å²) in [7, 11) is 0. The first-order valence-corrected chi connectivity index (χ1v) is 13.8. The minimum atomic E-state index is -0.650. The fourth-order valence-corrected chi connectivity index (χ4v) is 5.75. The molecule has 0 saturated carbocycles. The lowest BCUT2D eigenvalue weighted by atomic mass is 9.96. The molecule has 0 fully saturated rings. The van der Waals surface area contributed by atoms with Crippen molar-refractivity contribution >= 4 is 45.3 Å². The number of hydrogen-bond acceptors (Lipinski definition) is 7. The molecular formula is C30H23BrN2O5S. The zero-order valence-corrected chi connectivity index (χ0v) is 23.5. The van der Waals surface area contributed by atoms with Gasteiger partial charge in [0.2, 0.25) is 0 Å². The first-order valence-electron chi connectivity index (χ1n) is 12.2. The maximum Gasteiger partial charge on any atom is 0.343 e. The van der Waals surface area contributed by atoms with Crippen molar-refractivity contribution in [3.05, 3.63) is 131 Å². The van der Waals surface area contributed by atoms with Gasteiger partial charge in [0.15, 0.2) is 4.80 Å². The summed E-state index contributed by atoms with van der Waals surface area (Å²) < 4.78 is 13.6. The zero-order valence-electron chi connectivity index (χ0n) is 21.1. The molecule has 0 aliphatic carbocycles. The Hall–Kier alpha value is -4.08. The molecule has 1 aliphatic rings. The van der Waals surface area contributed by atoms with Crippen LogP contribution >= 0.6 is 27.3 Å². The van der Waals surface area contributed by atoms with E-state index in [1.165, 1.54) is 11.3 Å². The van der Waals surface area contributed by atoms with Gasteiger partial charge in [-0.3, -0.25) is 9.36 Å². The molecule has 4 aromatic rings. The molecule has 0 N–H and O–H groups in total. The molecule has 3 aromatic carbocycles. The maximum atomic E-state index is 13.7. The summed E-state index contributed by atoms with van der Waals surface area (Å²) in [5, 5.41) is 0. The molecule has 39 heavy (non-hydrogen) atoms. The number of fused-ring (bicyclic) bond motifs is 1. The van der Waals surface area contributed by atoms with E-state index in [0.29, 0.717) is 31.9 Å². The number of hydrogen-bond donors (Lipinski definition) is 0. The average molecular weight is 603 g/mol. The van der Waals surface area contributed by atoms with E-state index in [0.717, 1.165) is 15.6 Å². The van der Waals surface area contributed by atoms with Gasteiger partial charge in [-0.05, 0) is 61.4 Å².